The summed E-state index contributed by atoms with van der Waals surface area (Å²) in [5.74, 6) is 0.514. The van der Waals surface area contributed by atoms with E-state index in [9.17, 15) is 0 Å². The van der Waals surface area contributed by atoms with Gasteiger partial charge in [0.15, 0.2) is 0 Å². The largest absolute Gasteiger partial charge is 0.383 e. The number of rotatable bonds is 6. The van der Waals surface area contributed by atoms with E-state index < -0.39 is 0 Å². The second-order valence-electron chi connectivity index (χ2n) is 5.28. The number of ether oxygens (including phenoxy) is 1. The number of nitrogens with one attached hydrogen (secondary N) is 1. The maximum Gasteiger partial charge on any atom is 0.0901 e. The average Bonchev–Trinajstić information content (AvgIpc) is 2.85. The lowest BCUT2D eigenvalue weighted by atomic mass is 10.0. The minimum absolute atomic E-state index is 0.312. The summed E-state index contributed by atoms with van der Waals surface area (Å²) in [6.07, 6.45) is 0. The number of thiazole rings is 1. The Morgan fingerprint density at radius 2 is 2.15 bits per heavy atom. The van der Waals surface area contributed by atoms with E-state index in [1.165, 1.54) is 0 Å². The molecule has 0 saturated heterocycles. The fourth-order valence-electron chi connectivity index (χ4n) is 2.06. The summed E-state index contributed by atoms with van der Waals surface area (Å²) >= 11 is 1.68. The van der Waals surface area contributed by atoms with E-state index in [1.807, 2.05) is 6.92 Å². The monoisotopic (exact) mass is 290 g/mol. The molecule has 0 spiro atoms. The van der Waals surface area contributed by atoms with Crippen LogP contribution in [-0.2, 0) is 4.74 Å². The molecule has 4 heteroatoms. The van der Waals surface area contributed by atoms with Crippen molar-refractivity contribution >= 4 is 17.0 Å². The highest BCUT2D eigenvalue weighted by atomic mass is 32.1. The Morgan fingerprint density at radius 1 is 1.35 bits per heavy atom. The highest BCUT2D eigenvalue weighted by Gasteiger charge is 2.13. The van der Waals surface area contributed by atoms with Gasteiger partial charge in [-0.2, -0.15) is 0 Å². The highest BCUT2D eigenvalue weighted by molar-refractivity contribution is 7.09. The summed E-state index contributed by atoms with van der Waals surface area (Å²) < 4.78 is 5.28. The Bertz CT molecular complexity index is 551. The molecule has 1 unspecified atom stereocenters. The first-order valence-corrected chi connectivity index (χ1v) is 7.76. The van der Waals surface area contributed by atoms with Gasteiger partial charge in [-0.25, -0.2) is 4.98 Å². The van der Waals surface area contributed by atoms with E-state index in [0.717, 1.165) is 22.0 Å². The fraction of sp³-hybridized carbons (Fsp3) is 0.438. The lowest BCUT2D eigenvalue weighted by molar-refractivity contribution is 0.171. The van der Waals surface area contributed by atoms with Crippen LogP contribution in [0.15, 0.2) is 29.6 Å². The van der Waals surface area contributed by atoms with Crippen LogP contribution in [0.25, 0.3) is 11.3 Å². The van der Waals surface area contributed by atoms with Crippen molar-refractivity contribution in [2.75, 3.05) is 19.0 Å². The minimum Gasteiger partial charge on any atom is -0.383 e. The first kappa shape index (κ1) is 15.0. The van der Waals surface area contributed by atoms with E-state index in [2.05, 4.69) is 53.8 Å². The first-order valence-electron chi connectivity index (χ1n) is 6.88. The van der Waals surface area contributed by atoms with Gasteiger partial charge in [0.2, 0.25) is 0 Å². The number of aromatic nitrogens is 1. The molecule has 0 fully saturated rings. The van der Waals surface area contributed by atoms with Crippen molar-refractivity contribution in [3.63, 3.8) is 0 Å². The van der Waals surface area contributed by atoms with Gasteiger partial charge < -0.3 is 10.1 Å². The van der Waals surface area contributed by atoms with Crippen molar-refractivity contribution in [2.45, 2.75) is 26.8 Å². The summed E-state index contributed by atoms with van der Waals surface area (Å²) in [7, 11) is 1.74. The van der Waals surface area contributed by atoms with E-state index in [0.29, 0.717) is 18.6 Å². The van der Waals surface area contributed by atoms with E-state index in [1.54, 1.807) is 18.4 Å². The third-order valence-electron chi connectivity index (χ3n) is 3.28. The van der Waals surface area contributed by atoms with Gasteiger partial charge in [0.1, 0.15) is 0 Å². The second-order valence-corrected chi connectivity index (χ2v) is 6.34. The van der Waals surface area contributed by atoms with Gasteiger partial charge in [-0.15, -0.1) is 11.3 Å². The summed E-state index contributed by atoms with van der Waals surface area (Å²) in [5, 5.41) is 6.74. The number of anilines is 1. The van der Waals surface area contributed by atoms with Crippen LogP contribution in [0.1, 0.15) is 18.9 Å². The Kier molecular flexibility index (Phi) is 5.15. The number of aryl methyl sites for hydroxylation is 1. The molecule has 0 aliphatic heterocycles. The Hall–Kier alpha value is -1.39. The van der Waals surface area contributed by atoms with E-state index >= 15 is 0 Å². The van der Waals surface area contributed by atoms with Crippen LogP contribution in [0.2, 0.25) is 0 Å². The van der Waals surface area contributed by atoms with Crippen molar-refractivity contribution in [2.24, 2.45) is 5.92 Å². The topological polar surface area (TPSA) is 34.1 Å². The number of nitrogens with zero attached hydrogens (tertiary/aromatic N) is 1. The summed E-state index contributed by atoms with van der Waals surface area (Å²) in [6, 6.07) is 8.72. The van der Waals surface area contributed by atoms with Gasteiger partial charge >= 0.3 is 0 Å². The van der Waals surface area contributed by atoms with Gasteiger partial charge in [0.25, 0.3) is 0 Å². The maximum absolute atomic E-state index is 5.28. The predicted octanol–water partition coefficient (Wildman–Crippen LogP) is 4.20. The molecule has 0 radical (unpaired) electrons. The molecule has 0 bridgehead atoms. The SMILES string of the molecule is COCC(Nc1cccc(-c2csc(C)n2)c1)C(C)C. The number of hydrogen-bond donors (Lipinski definition) is 1. The molecule has 1 N–H and O–H groups in total. The smallest absolute Gasteiger partial charge is 0.0901 e. The molecule has 0 aliphatic carbocycles. The molecular formula is C16H22N2OS. The summed E-state index contributed by atoms with van der Waals surface area (Å²) in [4.78, 5) is 4.54. The summed E-state index contributed by atoms with van der Waals surface area (Å²) in [5.41, 5.74) is 3.31. The van der Waals surface area contributed by atoms with Gasteiger partial charge in [-0.1, -0.05) is 26.0 Å². The number of benzene rings is 1. The standard InChI is InChI=1S/C16H22N2OS/c1-11(2)15(9-19-4)18-14-7-5-6-13(8-14)16-10-20-12(3)17-16/h5-8,10-11,15,18H,9H2,1-4H3. The normalized spacial score (nSPS) is 12.7. The van der Waals surface area contributed by atoms with Crippen molar-refractivity contribution < 1.29 is 4.74 Å². The van der Waals surface area contributed by atoms with Gasteiger partial charge in [-0.05, 0) is 25.0 Å². The molecule has 108 valence electrons. The Morgan fingerprint density at radius 3 is 2.75 bits per heavy atom. The molecule has 2 rings (SSSR count). The second kappa shape index (κ2) is 6.86. The van der Waals surface area contributed by atoms with E-state index in [4.69, 9.17) is 4.74 Å². The van der Waals surface area contributed by atoms with Crippen LogP contribution in [0.3, 0.4) is 0 Å². The number of methoxy groups -OCH3 is 1. The van der Waals surface area contributed by atoms with E-state index in [-0.39, 0.29) is 0 Å². The zero-order chi connectivity index (χ0) is 14.5. The van der Waals surface area contributed by atoms with Gasteiger partial charge in [0.05, 0.1) is 23.4 Å². The molecule has 1 aromatic carbocycles. The van der Waals surface area contributed by atoms with Crippen molar-refractivity contribution in [3.05, 3.63) is 34.7 Å². The van der Waals surface area contributed by atoms with Crippen molar-refractivity contribution in [1.82, 2.24) is 4.98 Å². The van der Waals surface area contributed by atoms with Crippen molar-refractivity contribution in [1.29, 1.82) is 0 Å². The molecule has 0 amide bonds. The highest BCUT2D eigenvalue weighted by Crippen LogP contribution is 2.25. The molecule has 1 heterocycles. The molecule has 20 heavy (non-hydrogen) atoms. The van der Waals surface area contributed by atoms with Crippen LogP contribution in [0.5, 0.6) is 0 Å². The minimum atomic E-state index is 0.312. The Balaban J connectivity index is 2.17. The van der Waals surface area contributed by atoms with Crippen LogP contribution >= 0.6 is 11.3 Å². The molecule has 1 atom stereocenters. The third-order valence-corrected chi connectivity index (χ3v) is 4.05. The first-order chi connectivity index (χ1) is 9.60. The zero-order valence-corrected chi connectivity index (χ0v) is 13.3. The predicted molar refractivity (Wildman–Crippen MR) is 86.4 cm³/mol. The zero-order valence-electron chi connectivity index (χ0n) is 12.5. The van der Waals surface area contributed by atoms with Crippen LogP contribution in [0.4, 0.5) is 5.69 Å². The van der Waals surface area contributed by atoms with Crippen LogP contribution in [0, 0.1) is 12.8 Å². The van der Waals surface area contributed by atoms with Gasteiger partial charge in [-0.3, -0.25) is 0 Å². The molecule has 2 aromatic rings. The van der Waals surface area contributed by atoms with Crippen LogP contribution < -0.4 is 5.32 Å². The molecule has 0 aliphatic rings. The van der Waals surface area contributed by atoms with Crippen molar-refractivity contribution in [3.8, 4) is 11.3 Å². The summed E-state index contributed by atoms with van der Waals surface area (Å²) in [6.45, 7) is 7.13. The Labute approximate surface area is 125 Å². The quantitative estimate of drug-likeness (QED) is 0.865. The molecule has 3 nitrogen and oxygen atoms in total. The third kappa shape index (κ3) is 3.81. The fourth-order valence-corrected chi connectivity index (χ4v) is 2.68. The average molecular weight is 290 g/mol. The van der Waals surface area contributed by atoms with Crippen LogP contribution in [-0.4, -0.2) is 24.7 Å². The number of hydrogen-bond acceptors (Lipinski definition) is 4. The molecule has 1 aromatic heterocycles. The lowest BCUT2D eigenvalue weighted by Crippen LogP contribution is -2.30. The van der Waals surface area contributed by atoms with Gasteiger partial charge in [0, 0.05) is 23.7 Å². The maximum atomic E-state index is 5.28. The lowest BCUT2D eigenvalue weighted by Gasteiger charge is -2.23. The molecular weight excluding hydrogens is 268 g/mol. The molecule has 0 saturated carbocycles.